The summed E-state index contributed by atoms with van der Waals surface area (Å²) < 4.78 is 10.0. The molecule has 0 radical (unpaired) electrons. The van der Waals surface area contributed by atoms with Crippen LogP contribution in [0.2, 0.25) is 0 Å². The van der Waals surface area contributed by atoms with E-state index in [1.54, 1.807) is 0 Å². The number of carbonyl (C=O) groups is 2. The number of unbranched alkanes of at least 4 members (excludes halogenated alkanes) is 3. The number of rotatable bonds is 9. The van der Waals surface area contributed by atoms with Crippen LogP contribution in [-0.4, -0.2) is 40.3 Å². The Bertz CT molecular complexity index is 464. The van der Waals surface area contributed by atoms with E-state index in [0.29, 0.717) is 11.2 Å². The zero-order valence-corrected chi connectivity index (χ0v) is 12.5. The van der Waals surface area contributed by atoms with E-state index in [1.807, 2.05) is 0 Å². The number of aromatic nitrogens is 1. The van der Waals surface area contributed by atoms with Crippen LogP contribution in [0.5, 0.6) is 11.8 Å². The smallest absolute Gasteiger partial charge is 0.492 e. The molecule has 0 atom stereocenters. The van der Waals surface area contributed by atoms with Gasteiger partial charge in [0.2, 0.25) is 11.8 Å². The molecule has 1 rings (SSSR count). The molecule has 8 nitrogen and oxygen atoms in total. The first-order valence-corrected chi connectivity index (χ1v) is 7.15. The average Bonchev–Trinajstić information content (AvgIpc) is 2.80. The minimum absolute atomic E-state index is 0.0780. The lowest BCUT2D eigenvalue weighted by Gasteiger charge is -2.08. The number of aromatic hydroxyl groups is 2. The highest BCUT2D eigenvalue weighted by Gasteiger charge is 2.13. The minimum Gasteiger partial charge on any atom is -0.492 e. The van der Waals surface area contributed by atoms with Gasteiger partial charge in [-0.25, -0.2) is 4.79 Å². The Morgan fingerprint density at radius 2 is 1.68 bits per heavy atom. The molecule has 0 saturated carbocycles. The zero-order chi connectivity index (χ0) is 16.4. The lowest BCUT2D eigenvalue weighted by atomic mass is 10.2. The van der Waals surface area contributed by atoms with Crippen molar-refractivity contribution in [3.63, 3.8) is 0 Å². The van der Waals surface area contributed by atoms with Crippen LogP contribution < -0.4 is 4.84 Å². The zero-order valence-electron chi connectivity index (χ0n) is 12.5. The minimum atomic E-state index is -1.14. The van der Waals surface area contributed by atoms with Gasteiger partial charge >= 0.3 is 12.1 Å². The molecule has 0 amide bonds. The topological polar surface area (TPSA) is 107 Å². The molecule has 22 heavy (non-hydrogen) atoms. The second-order valence-corrected chi connectivity index (χ2v) is 4.56. The Labute approximate surface area is 128 Å². The van der Waals surface area contributed by atoms with Crippen molar-refractivity contribution in [2.24, 2.45) is 0 Å². The molecule has 1 aromatic rings. The summed E-state index contributed by atoms with van der Waals surface area (Å²) in [7, 11) is 0. The van der Waals surface area contributed by atoms with E-state index in [9.17, 15) is 19.8 Å². The quantitative estimate of drug-likeness (QED) is 0.530. The summed E-state index contributed by atoms with van der Waals surface area (Å²) >= 11 is 0. The maximum Gasteiger partial charge on any atom is 0.534 e. The van der Waals surface area contributed by atoms with Gasteiger partial charge in [0, 0.05) is 18.6 Å². The number of hydrogen-bond acceptors (Lipinski definition) is 7. The molecule has 0 aromatic carbocycles. The van der Waals surface area contributed by atoms with Crippen LogP contribution in [0.25, 0.3) is 0 Å². The van der Waals surface area contributed by atoms with Gasteiger partial charge in [-0.3, -0.25) is 9.63 Å². The number of carbonyl (C=O) groups excluding carboxylic acids is 2. The van der Waals surface area contributed by atoms with Crippen molar-refractivity contribution in [1.29, 1.82) is 0 Å². The van der Waals surface area contributed by atoms with E-state index in [4.69, 9.17) is 4.74 Å². The predicted molar refractivity (Wildman–Crippen MR) is 75.4 cm³/mol. The summed E-state index contributed by atoms with van der Waals surface area (Å²) in [6.07, 6.45) is 3.15. The van der Waals surface area contributed by atoms with Crippen LogP contribution in [0.1, 0.15) is 39.0 Å². The molecule has 0 saturated heterocycles. The van der Waals surface area contributed by atoms with E-state index in [-0.39, 0.29) is 19.2 Å². The molecular weight excluding hydrogens is 294 g/mol. The van der Waals surface area contributed by atoms with Gasteiger partial charge < -0.3 is 19.7 Å². The van der Waals surface area contributed by atoms with Gasteiger partial charge in [-0.2, -0.15) is 0 Å². The summed E-state index contributed by atoms with van der Waals surface area (Å²) in [4.78, 5) is 27.1. The number of hydrogen-bond donors (Lipinski definition) is 2. The lowest BCUT2D eigenvalue weighted by Crippen LogP contribution is -2.22. The Balaban J connectivity index is 2.11. The number of nitrogens with zero attached hydrogens (tertiary/aromatic N) is 1. The van der Waals surface area contributed by atoms with Crippen molar-refractivity contribution in [3.8, 4) is 11.8 Å². The van der Waals surface area contributed by atoms with Crippen molar-refractivity contribution >= 4 is 12.1 Å². The molecule has 0 unspecified atom stereocenters. The van der Waals surface area contributed by atoms with Crippen LogP contribution in [0.3, 0.4) is 0 Å². The van der Waals surface area contributed by atoms with Gasteiger partial charge in [-0.1, -0.05) is 26.2 Å². The van der Waals surface area contributed by atoms with Crippen LogP contribution in [-0.2, 0) is 14.3 Å². The molecule has 0 bridgehead atoms. The van der Waals surface area contributed by atoms with Crippen molar-refractivity contribution in [3.05, 3.63) is 12.1 Å². The molecule has 124 valence electrons. The van der Waals surface area contributed by atoms with E-state index in [1.165, 1.54) is 0 Å². The fraction of sp³-hybridized carbons (Fsp3) is 0.571. The summed E-state index contributed by atoms with van der Waals surface area (Å²) in [5.74, 6) is -1.24. The predicted octanol–water partition coefficient (Wildman–Crippen LogP) is 1.98. The summed E-state index contributed by atoms with van der Waals surface area (Å²) in [6, 6.07) is 2.28. The molecule has 2 N–H and O–H groups in total. The second kappa shape index (κ2) is 9.54. The average molecular weight is 315 g/mol. The summed E-state index contributed by atoms with van der Waals surface area (Å²) in [5.41, 5.74) is 0. The molecule has 0 aliphatic heterocycles. The molecule has 0 spiro atoms. The Hall–Kier alpha value is -2.38. The molecule has 8 heteroatoms. The third kappa shape index (κ3) is 6.38. The van der Waals surface area contributed by atoms with E-state index in [0.717, 1.165) is 37.8 Å². The monoisotopic (exact) mass is 315 g/mol. The fourth-order valence-electron chi connectivity index (χ4n) is 1.65. The van der Waals surface area contributed by atoms with Gasteiger partial charge in [0.1, 0.15) is 13.2 Å². The largest absolute Gasteiger partial charge is 0.534 e. The number of esters is 1. The van der Waals surface area contributed by atoms with E-state index in [2.05, 4.69) is 16.5 Å². The molecule has 0 aliphatic rings. The van der Waals surface area contributed by atoms with E-state index >= 15 is 0 Å². The Kier molecular flexibility index (Phi) is 7.66. The van der Waals surface area contributed by atoms with Gasteiger partial charge in [-0.05, 0) is 6.42 Å². The van der Waals surface area contributed by atoms with Crippen molar-refractivity contribution in [2.45, 2.75) is 39.0 Å². The first-order chi connectivity index (χ1) is 10.5. The number of ether oxygens (including phenoxy) is 2. The maximum atomic E-state index is 11.3. The van der Waals surface area contributed by atoms with Gasteiger partial charge in [-0.15, -0.1) is 4.73 Å². The van der Waals surface area contributed by atoms with Crippen LogP contribution in [0.15, 0.2) is 12.1 Å². The lowest BCUT2D eigenvalue weighted by molar-refractivity contribution is -0.145. The third-order valence-corrected chi connectivity index (χ3v) is 2.76. The van der Waals surface area contributed by atoms with Crippen molar-refractivity contribution in [1.82, 2.24) is 4.73 Å². The Morgan fingerprint density at radius 3 is 2.32 bits per heavy atom. The van der Waals surface area contributed by atoms with Crippen molar-refractivity contribution < 1.29 is 34.1 Å². The SMILES string of the molecule is CCCCCCC(=O)OCCOC(=O)On1c(O)ccc1O. The van der Waals surface area contributed by atoms with Gasteiger partial charge in [0.15, 0.2) is 0 Å². The van der Waals surface area contributed by atoms with Crippen LogP contribution in [0.4, 0.5) is 4.79 Å². The fourth-order valence-corrected chi connectivity index (χ4v) is 1.65. The van der Waals surface area contributed by atoms with Crippen LogP contribution >= 0.6 is 0 Å². The third-order valence-electron chi connectivity index (χ3n) is 2.76. The van der Waals surface area contributed by atoms with Gasteiger partial charge in [0.05, 0.1) is 0 Å². The maximum absolute atomic E-state index is 11.3. The standard InChI is InChI=1S/C14H21NO7/c1-2-3-4-5-6-13(18)20-9-10-21-14(19)22-15-11(16)7-8-12(15)17/h7-8,16-17H,2-6,9-10H2,1H3. The highest BCUT2D eigenvalue weighted by atomic mass is 16.8. The molecule has 1 heterocycles. The highest BCUT2D eigenvalue weighted by molar-refractivity contribution is 5.69. The van der Waals surface area contributed by atoms with E-state index < -0.39 is 17.9 Å². The second-order valence-electron chi connectivity index (χ2n) is 4.56. The summed E-state index contributed by atoms with van der Waals surface area (Å²) in [5, 5.41) is 18.5. The first-order valence-electron chi connectivity index (χ1n) is 7.15. The van der Waals surface area contributed by atoms with Crippen molar-refractivity contribution in [2.75, 3.05) is 13.2 Å². The van der Waals surface area contributed by atoms with Crippen LogP contribution in [0, 0.1) is 0 Å². The molecular formula is C14H21NO7. The normalized spacial score (nSPS) is 10.2. The highest BCUT2D eigenvalue weighted by Crippen LogP contribution is 2.18. The molecule has 0 aliphatic carbocycles. The summed E-state index contributed by atoms with van der Waals surface area (Å²) in [6.45, 7) is 1.83. The molecule has 0 fully saturated rings. The molecule has 1 aromatic heterocycles. The Morgan fingerprint density at radius 1 is 1.05 bits per heavy atom. The van der Waals surface area contributed by atoms with Gasteiger partial charge in [0.25, 0.3) is 0 Å². The first kappa shape index (κ1) is 17.7.